The molecule has 0 saturated carbocycles. The fourth-order valence-electron chi connectivity index (χ4n) is 1.44. The minimum atomic E-state index is 0.266. The molecule has 1 rings (SSSR count). The van der Waals surface area contributed by atoms with Crippen molar-refractivity contribution in [1.82, 2.24) is 0 Å². The van der Waals surface area contributed by atoms with Crippen LogP contribution in [0.2, 0.25) is 0 Å². The maximum Gasteiger partial charge on any atom is 0.0434 e. The summed E-state index contributed by atoms with van der Waals surface area (Å²) in [5.41, 5.74) is 2.51. The number of nitrogens with one attached hydrogen (secondary N) is 1. The van der Waals surface area contributed by atoms with Crippen molar-refractivity contribution in [2.75, 3.05) is 18.5 Å². The minimum Gasteiger partial charge on any atom is -0.396 e. The molecule has 0 aliphatic carbocycles. The predicted molar refractivity (Wildman–Crippen MR) is 60.6 cm³/mol. The summed E-state index contributed by atoms with van der Waals surface area (Å²) in [7, 11) is 0. The third-order valence-electron chi connectivity index (χ3n) is 2.19. The van der Waals surface area contributed by atoms with Crippen molar-refractivity contribution in [3.05, 3.63) is 29.8 Å². The Morgan fingerprint density at radius 3 is 2.79 bits per heavy atom. The van der Waals surface area contributed by atoms with E-state index in [1.165, 1.54) is 11.3 Å². The summed E-state index contributed by atoms with van der Waals surface area (Å²) < 4.78 is 0. The maximum atomic E-state index is 8.77. The van der Waals surface area contributed by atoms with Crippen LogP contribution in [0, 0.1) is 0 Å². The van der Waals surface area contributed by atoms with E-state index in [9.17, 15) is 0 Å². The van der Waals surface area contributed by atoms with Gasteiger partial charge < -0.3 is 10.4 Å². The minimum absolute atomic E-state index is 0.266. The molecule has 0 bridgehead atoms. The van der Waals surface area contributed by atoms with Crippen LogP contribution in [0.3, 0.4) is 0 Å². The van der Waals surface area contributed by atoms with Crippen molar-refractivity contribution >= 4 is 5.69 Å². The van der Waals surface area contributed by atoms with Crippen LogP contribution in [0.4, 0.5) is 5.69 Å². The number of aliphatic hydroxyl groups is 1. The number of benzene rings is 1. The molecule has 2 nitrogen and oxygen atoms in total. The van der Waals surface area contributed by atoms with Crippen molar-refractivity contribution in [3.8, 4) is 0 Å². The summed E-state index contributed by atoms with van der Waals surface area (Å²) in [4.78, 5) is 0. The molecule has 0 unspecified atom stereocenters. The van der Waals surface area contributed by atoms with Gasteiger partial charge in [-0.1, -0.05) is 25.1 Å². The quantitative estimate of drug-likeness (QED) is 0.727. The summed E-state index contributed by atoms with van der Waals surface area (Å²) in [6.45, 7) is 3.43. The fraction of sp³-hybridized carbons (Fsp3) is 0.500. The van der Waals surface area contributed by atoms with Crippen LogP contribution in [0.1, 0.15) is 25.3 Å². The van der Waals surface area contributed by atoms with Gasteiger partial charge in [0.1, 0.15) is 0 Å². The lowest BCUT2D eigenvalue weighted by Crippen LogP contribution is -2.03. The largest absolute Gasteiger partial charge is 0.396 e. The number of hydrogen-bond acceptors (Lipinski definition) is 2. The Kier molecular flexibility index (Phi) is 5.08. The average Bonchev–Trinajstić information content (AvgIpc) is 2.24. The van der Waals surface area contributed by atoms with Crippen molar-refractivity contribution in [1.29, 1.82) is 0 Å². The molecular formula is C12H19NO. The van der Waals surface area contributed by atoms with Gasteiger partial charge >= 0.3 is 0 Å². The lowest BCUT2D eigenvalue weighted by molar-refractivity contribution is 0.288. The molecule has 1 aromatic carbocycles. The van der Waals surface area contributed by atoms with E-state index in [0.29, 0.717) is 0 Å². The second kappa shape index (κ2) is 6.44. The highest BCUT2D eigenvalue weighted by Gasteiger charge is 1.99. The first-order chi connectivity index (χ1) is 6.88. The monoisotopic (exact) mass is 193 g/mol. The van der Waals surface area contributed by atoms with Crippen LogP contribution in [0.25, 0.3) is 0 Å². The summed E-state index contributed by atoms with van der Waals surface area (Å²) >= 11 is 0. The molecule has 0 saturated heterocycles. The van der Waals surface area contributed by atoms with Crippen LogP contribution >= 0.6 is 0 Å². The maximum absolute atomic E-state index is 8.77. The highest BCUT2D eigenvalue weighted by molar-refractivity contribution is 5.51. The zero-order chi connectivity index (χ0) is 10.2. The standard InChI is InChI=1S/C12H19NO/c1-2-9-13-12-8-4-3-6-11(12)7-5-10-14/h3-4,6,8,13-14H,2,5,7,9-10H2,1H3. The third-order valence-corrected chi connectivity index (χ3v) is 2.19. The Hall–Kier alpha value is -1.02. The van der Waals surface area contributed by atoms with Gasteiger partial charge in [0.15, 0.2) is 0 Å². The van der Waals surface area contributed by atoms with E-state index in [2.05, 4.69) is 24.4 Å². The molecule has 0 aromatic heterocycles. The Bertz CT molecular complexity index is 233. The van der Waals surface area contributed by atoms with Crippen LogP contribution in [-0.2, 0) is 6.42 Å². The van der Waals surface area contributed by atoms with E-state index >= 15 is 0 Å². The van der Waals surface area contributed by atoms with Gasteiger partial charge in [0.25, 0.3) is 0 Å². The molecule has 0 spiro atoms. The highest BCUT2D eigenvalue weighted by atomic mass is 16.2. The highest BCUT2D eigenvalue weighted by Crippen LogP contribution is 2.16. The molecule has 2 N–H and O–H groups in total. The first kappa shape index (κ1) is 11.1. The molecule has 78 valence electrons. The Morgan fingerprint density at radius 2 is 2.07 bits per heavy atom. The van der Waals surface area contributed by atoms with E-state index in [0.717, 1.165) is 25.8 Å². The van der Waals surface area contributed by atoms with Gasteiger partial charge in [-0.25, -0.2) is 0 Å². The number of aliphatic hydroxyl groups excluding tert-OH is 1. The van der Waals surface area contributed by atoms with E-state index in [4.69, 9.17) is 5.11 Å². The van der Waals surface area contributed by atoms with Crippen LogP contribution in [0.15, 0.2) is 24.3 Å². The van der Waals surface area contributed by atoms with Crippen LogP contribution in [-0.4, -0.2) is 18.3 Å². The number of rotatable bonds is 6. The molecule has 2 heteroatoms. The molecule has 0 heterocycles. The number of anilines is 1. The van der Waals surface area contributed by atoms with Gasteiger partial charge in [0, 0.05) is 18.8 Å². The third kappa shape index (κ3) is 3.38. The van der Waals surface area contributed by atoms with Gasteiger partial charge in [-0.05, 0) is 30.9 Å². The number of hydrogen-bond donors (Lipinski definition) is 2. The molecule has 14 heavy (non-hydrogen) atoms. The molecular weight excluding hydrogens is 174 g/mol. The summed E-state index contributed by atoms with van der Waals surface area (Å²) in [6, 6.07) is 8.31. The first-order valence-electron chi connectivity index (χ1n) is 5.31. The molecule has 0 radical (unpaired) electrons. The van der Waals surface area contributed by atoms with Gasteiger partial charge in [0.2, 0.25) is 0 Å². The lowest BCUT2D eigenvalue weighted by Gasteiger charge is -2.10. The number of para-hydroxylation sites is 1. The number of aryl methyl sites for hydroxylation is 1. The Labute approximate surface area is 86.0 Å². The van der Waals surface area contributed by atoms with E-state index in [1.807, 2.05) is 12.1 Å². The summed E-state index contributed by atoms with van der Waals surface area (Å²) in [6.07, 6.45) is 2.92. The Morgan fingerprint density at radius 1 is 1.29 bits per heavy atom. The van der Waals surface area contributed by atoms with Crippen molar-refractivity contribution < 1.29 is 5.11 Å². The van der Waals surface area contributed by atoms with Crippen molar-refractivity contribution in [2.24, 2.45) is 0 Å². The summed E-state index contributed by atoms with van der Waals surface area (Å²) in [5, 5.41) is 12.2. The molecule has 0 amide bonds. The first-order valence-corrected chi connectivity index (χ1v) is 5.31. The fourth-order valence-corrected chi connectivity index (χ4v) is 1.44. The van der Waals surface area contributed by atoms with Gasteiger partial charge in [-0.15, -0.1) is 0 Å². The van der Waals surface area contributed by atoms with Crippen molar-refractivity contribution in [2.45, 2.75) is 26.2 Å². The topological polar surface area (TPSA) is 32.3 Å². The second-order valence-electron chi connectivity index (χ2n) is 3.41. The molecule has 0 aliphatic rings. The van der Waals surface area contributed by atoms with Gasteiger partial charge in [-0.2, -0.15) is 0 Å². The van der Waals surface area contributed by atoms with Crippen molar-refractivity contribution in [3.63, 3.8) is 0 Å². The summed E-state index contributed by atoms with van der Waals surface area (Å²) in [5.74, 6) is 0. The lowest BCUT2D eigenvalue weighted by atomic mass is 10.1. The van der Waals surface area contributed by atoms with Crippen LogP contribution in [0.5, 0.6) is 0 Å². The molecule has 0 atom stereocenters. The van der Waals surface area contributed by atoms with Crippen LogP contribution < -0.4 is 5.32 Å². The van der Waals surface area contributed by atoms with Gasteiger partial charge in [-0.3, -0.25) is 0 Å². The SMILES string of the molecule is CCCNc1ccccc1CCCO. The van der Waals surface area contributed by atoms with E-state index in [1.54, 1.807) is 0 Å². The van der Waals surface area contributed by atoms with Gasteiger partial charge in [0.05, 0.1) is 0 Å². The molecule has 1 aromatic rings. The predicted octanol–water partition coefficient (Wildman–Crippen LogP) is 2.43. The molecule has 0 aliphatic heterocycles. The zero-order valence-corrected chi connectivity index (χ0v) is 8.79. The normalized spacial score (nSPS) is 10.1. The molecule has 0 fully saturated rings. The van der Waals surface area contributed by atoms with E-state index < -0.39 is 0 Å². The van der Waals surface area contributed by atoms with E-state index in [-0.39, 0.29) is 6.61 Å². The smallest absolute Gasteiger partial charge is 0.0434 e. The Balaban J connectivity index is 2.60. The zero-order valence-electron chi connectivity index (χ0n) is 8.79. The average molecular weight is 193 g/mol. The second-order valence-corrected chi connectivity index (χ2v) is 3.41.